The third-order valence-electron chi connectivity index (χ3n) is 3.78. The van der Waals surface area contributed by atoms with E-state index in [1.54, 1.807) is 12.1 Å². The highest BCUT2D eigenvalue weighted by Crippen LogP contribution is 2.27. The Kier molecular flexibility index (Phi) is 5.02. The average molecular weight is 265 g/mol. The van der Waals surface area contributed by atoms with Crippen LogP contribution in [0.1, 0.15) is 26.2 Å². The summed E-state index contributed by atoms with van der Waals surface area (Å²) in [5.41, 5.74) is 7.01. The van der Waals surface area contributed by atoms with Gasteiger partial charge in [0.2, 0.25) is 0 Å². The van der Waals surface area contributed by atoms with Gasteiger partial charge in [-0.05, 0) is 25.1 Å². The van der Waals surface area contributed by atoms with Crippen molar-refractivity contribution in [3.8, 4) is 0 Å². The molecule has 1 aliphatic heterocycles. The fourth-order valence-corrected chi connectivity index (χ4v) is 2.65. The molecule has 0 amide bonds. The van der Waals surface area contributed by atoms with Gasteiger partial charge in [0.05, 0.1) is 11.4 Å². The molecule has 2 rings (SSSR count). The Morgan fingerprint density at radius 3 is 2.53 bits per heavy atom. The molecule has 1 heterocycles. The second kappa shape index (κ2) is 6.75. The first-order valence-electron chi connectivity index (χ1n) is 7.23. The molecule has 1 aliphatic rings. The van der Waals surface area contributed by atoms with Crippen LogP contribution in [0.2, 0.25) is 0 Å². The number of halogens is 1. The molecule has 1 aromatic rings. The van der Waals surface area contributed by atoms with Crippen LogP contribution in [0.5, 0.6) is 0 Å². The maximum atomic E-state index is 13.8. The van der Waals surface area contributed by atoms with Crippen molar-refractivity contribution in [1.29, 1.82) is 0 Å². The lowest BCUT2D eigenvalue weighted by molar-refractivity contribution is 0.252. The molecule has 0 saturated carbocycles. The Hall–Kier alpha value is -1.29. The quantitative estimate of drug-likeness (QED) is 0.656. The monoisotopic (exact) mass is 265 g/mol. The summed E-state index contributed by atoms with van der Waals surface area (Å²) in [6, 6.07) is 4.92. The molecule has 0 aliphatic carbocycles. The molecule has 0 aromatic heterocycles. The van der Waals surface area contributed by atoms with Crippen molar-refractivity contribution in [1.82, 2.24) is 4.90 Å². The van der Waals surface area contributed by atoms with Crippen LogP contribution in [0.25, 0.3) is 0 Å². The fourth-order valence-electron chi connectivity index (χ4n) is 2.65. The van der Waals surface area contributed by atoms with Gasteiger partial charge in [-0.3, -0.25) is 4.90 Å². The van der Waals surface area contributed by atoms with Gasteiger partial charge < -0.3 is 10.6 Å². The summed E-state index contributed by atoms with van der Waals surface area (Å²) in [5, 5.41) is 0. The Morgan fingerprint density at radius 1 is 1.16 bits per heavy atom. The minimum absolute atomic E-state index is 0.209. The van der Waals surface area contributed by atoms with E-state index >= 15 is 0 Å². The van der Waals surface area contributed by atoms with E-state index in [2.05, 4.69) is 16.7 Å². The molecule has 3 nitrogen and oxygen atoms in total. The van der Waals surface area contributed by atoms with Gasteiger partial charge >= 0.3 is 0 Å². The van der Waals surface area contributed by atoms with Gasteiger partial charge in [-0.15, -0.1) is 0 Å². The van der Waals surface area contributed by atoms with E-state index in [1.807, 2.05) is 0 Å². The first-order valence-corrected chi connectivity index (χ1v) is 7.23. The van der Waals surface area contributed by atoms with Crippen LogP contribution >= 0.6 is 0 Å². The zero-order valence-corrected chi connectivity index (χ0v) is 11.7. The van der Waals surface area contributed by atoms with Gasteiger partial charge in [-0.2, -0.15) is 0 Å². The number of hydrogen-bond acceptors (Lipinski definition) is 3. The molecule has 0 spiro atoms. The lowest BCUT2D eigenvalue weighted by Crippen LogP contribution is -2.47. The number of piperazine rings is 1. The van der Waals surface area contributed by atoms with Crippen molar-refractivity contribution in [2.45, 2.75) is 26.2 Å². The van der Waals surface area contributed by atoms with Crippen molar-refractivity contribution in [2.24, 2.45) is 0 Å². The average Bonchev–Trinajstić information content (AvgIpc) is 2.40. The van der Waals surface area contributed by atoms with Crippen LogP contribution in [0.3, 0.4) is 0 Å². The molecular formula is C15H24FN3. The molecular weight excluding hydrogens is 241 g/mol. The van der Waals surface area contributed by atoms with Crippen LogP contribution < -0.4 is 10.6 Å². The number of nitrogens with zero attached hydrogens (tertiary/aromatic N) is 2. The Bertz CT molecular complexity index is 380. The number of unbranched alkanes of at least 4 members (excludes halogenated alkanes) is 2. The predicted molar refractivity (Wildman–Crippen MR) is 79.0 cm³/mol. The fraction of sp³-hybridized carbons (Fsp3) is 0.600. The highest BCUT2D eigenvalue weighted by Gasteiger charge is 2.20. The number of benzene rings is 1. The number of para-hydroxylation sites is 1. The maximum Gasteiger partial charge on any atom is 0.148 e. The van der Waals surface area contributed by atoms with Crippen LogP contribution in [-0.4, -0.2) is 37.6 Å². The summed E-state index contributed by atoms with van der Waals surface area (Å²) in [4.78, 5) is 4.53. The maximum absolute atomic E-state index is 13.8. The molecule has 106 valence electrons. The molecule has 1 fully saturated rings. The summed E-state index contributed by atoms with van der Waals surface area (Å²) in [7, 11) is 0. The first-order chi connectivity index (χ1) is 9.22. The second-order valence-electron chi connectivity index (χ2n) is 5.21. The van der Waals surface area contributed by atoms with Gasteiger partial charge in [0.25, 0.3) is 0 Å². The number of anilines is 2. The van der Waals surface area contributed by atoms with Gasteiger partial charge in [0.1, 0.15) is 5.82 Å². The van der Waals surface area contributed by atoms with Gasteiger partial charge in [0, 0.05) is 26.2 Å². The molecule has 4 heteroatoms. The summed E-state index contributed by atoms with van der Waals surface area (Å²) in [5.74, 6) is -0.209. The topological polar surface area (TPSA) is 32.5 Å². The molecule has 19 heavy (non-hydrogen) atoms. The highest BCUT2D eigenvalue weighted by molar-refractivity contribution is 5.68. The SMILES string of the molecule is CCCCCN1CCN(c2c(N)cccc2F)CC1. The number of hydrogen-bond donors (Lipinski definition) is 1. The second-order valence-corrected chi connectivity index (χ2v) is 5.21. The smallest absolute Gasteiger partial charge is 0.148 e. The van der Waals surface area contributed by atoms with Crippen LogP contribution in [0.15, 0.2) is 18.2 Å². The molecule has 0 unspecified atom stereocenters. The van der Waals surface area contributed by atoms with Crippen molar-refractivity contribution in [3.05, 3.63) is 24.0 Å². The summed E-state index contributed by atoms with van der Waals surface area (Å²) >= 11 is 0. The summed E-state index contributed by atoms with van der Waals surface area (Å²) < 4.78 is 13.8. The van der Waals surface area contributed by atoms with E-state index in [-0.39, 0.29) is 5.82 Å². The first kappa shape index (κ1) is 14.1. The normalized spacial score (nSPS) is 16.8. The third kappa shape index (κ3) is 3.60. The van der Waals surface area contributed by atoms with Crippen molar-refractivity contribution in [2.75, 3.05) is 43.4 Å². The summed E-state index contributed by atoms with van der Waals surface area (Å²) in [6.45, 7) is 7.09. The minimum Gasteiger partial charge on any atom is -0.397 e. The molecule has 0 bridgehead atoms. The standard InChI is InChI=1S/C15H24FN3/c1-2-3-4-8-18-9-11-19(12-10-18)15-13(16)6-5-7-14(15)17/h5-7H,2-4,8-12,17H2,1H3. The zero-order valence-electron chi connectivity index (χ0n) is 11.7. The van der Waals surface area contributed by atoms with E-state index in [0.29, 0.717) is 11.4 Å². The van der Waals surface area contributed by atoms with Gasteiger partial charge in [-0.1, -0.05) is 25.8 Å². The highest BCUT2D eigenvalue weighted by atomic mass is 19.1. The van der Waals surface area contributed by atoms with Gasteiger partial charge in [-0.25, -0.2) is 4.39 Å². The van der Waals surface area contributed by atoms with Crippen molar-refractivity contribution >= 4 is 11.4 Å². The Balaban J connectivity index is 1.89. The molecule has 1 aromatic carbocycles. The van der Waals surface area contributed by atoms with Crippen LogP contribution in [0.4, 0.5) is 15.8 Å². The lowest BCUT2D eigenvalue weighted by Gasteiger charge is -2.36. The van der Waals surface area contributed by atoms with Crippen LogP contribution in [-0.2, 0) is 0 Å². The molecule has 0 radical (unpaired) electrons. The lowest BCUT2D eigenvalue weighted by atomic mass is 10.2. The molecule has 2 N–H and O–H groups in total. The van der Waals surface area contributed by atoms with E-state index in [4.69, 9.17) is 5.73 Å². The van der Waals surface area contributed by atoms with E-state index < -0.39 is 0 Å². The largest absolute Gasteiger partial charge is 0.397 e. The number of nitrogens with two attached hydrogens (primary N) is 1. The van der Waals surface area contributed by atoms with E-state index in [9.17, 15) is 4.39 Å². The number of nitrogen functional groups attached to an aromatic ring is 1. The Morgan fingerprint density at radius 2 is 1.89 bits per heavy atom. The molecule has 1 saturated heterocycles. The van der Waals surface area contributed by atoms with E-state index in [0.717, 1.165) is 32.7 Å². The van der Waals surface area contributed by atoms with Crippen molar-refractivity contribution in [3.63, 3.8) is 0 Å². The van der Waals surface area contributed by atoms with Gasteiger partial charge in [0.15, 0.2) is 0 Å². The summed E-state index contributed by atoms with van der Waals surface area (Å²) in [6.07, 6.45) is 3.81. The number of rotatable bonds is 5. The predicted octanol–water partition coefficient (Wildman–Crippen LogP) is 2.72. The van der Waals surface area contributed by atoms with E-state index in [1.165, 1.54) is 25.3 Å². The Labute approximate surface area is 115 Å². The third-order valence-corrected chi connectivity index (χ3v) is 3.78. The van der Waals surface area contributed by atoms with Crippen LogP contribution in [0, 0.1) is 5.82 Å². The van der Waals surface area contributed by atoms with Crippen molar-refractivity contribution < 1.29 is 4.39 Å². The zero-order chi connectivity index (χ0) is 13.7. The minimum atomic E-state index is -0.209. The molecule has 0 atom stereocenters.